The monoisotopic (exact) mass is 225 g/mol. The molecule has 0 unspecified atom stereocenters. The summed E-state index contributed by atoms with van der Waals surface area (Å²) in [6.07, 6.45) is 5.72. The third kappa shape index (κ3) is 5.70. The maximum atomic E-state index is 11.5. The van der Waals surface area contributed by atoms with Crippen LogP contribution in [-0.2, 0) is 11.2 Å². The second-order valence-corrected chi connectivity index (χ2v) is 4.58. The smallest absolute Gasteiger partial charge is 0.137 e. The Morgan fingerprint density at radius 2 is 2.07 bits per heavy atom. The van der Waals surface area contributed by atoms with E-state index in [1.54, 1.807) is 11.3 Å². The minimum Gasteiger partial charge on any atom is -0.330 e. The van der Waals surface area contributed by atoms with E-state index in [1.165, 1.54) is 0 Å². The van der Waals surface area contributed by atoms with Crippen LogP contribution in [0.5, 0.6) is 0 Å². The van der Waals surface area contributed by atoms with E-state index in [2.05, 4.69) is 0 Å². The molecule has 0 atom stereocenters. The van der Waals surface area contributed by atoms with Crippen LogP contribution in [-0.4, -0.2) is 12.3 Å². The molecule has 1 heterocycles. The van der Waals surface area contributed by atoms with Crippen molar-refractivity contribution in [3.05, 3.63) is 22.4 Å². The lowest BCUT2D eigenvalue weighted by atomic mass is 10.1. The molecular weight excluding hydrogens is 206 g/mol. The fourth-order valence-electron chi connectivity index (χ4n) is 1.53. The molecule has 0 aliphatic heterocycles. The van der Waals surface area contributed by atoms with Gasteiger partial charge in [0.15, 0.2) is 0 Å². The molecule has 2 nitrogen and oxygen atoms in total. The van der Waals surface area contributed by atoms with E-state index in [1.807, 2.05) is 16.8 Å². The second-order valence-electron chi connectivity index (χ2n) is 3.80. The number of hydrogen-bond acceptors (Lipinski definition) is 3. The highest BCUT2D eigenvalue weighted by Crippen LogP contribution is 2.10. The number of carbonyl (C=O) groups is 1. The average molecular weight is 225 g/mol. The van der Waals surface area contributed by atoms with Gasteiger partial charge in [-0.3, -0.25) is 4.79 Å². The topological polar surface area (TPSA) is 43.1 Å². The predicted octanol–water partition coefficient (Wildman–Crippen LogP) is 2.77. The van der Waals surface area contributed by atoms with Crippen molar-refractivity contribution in [3.8, 4) is 0 Å². The van der Waals surface area contributed by atoms with Crippen molar-refractivity contribution in [1.29, 1.82) is 0 Å². The lowest BCUT2D eigenvalue weighted by molar-refractivity contribution is -0.118. The van der Waals surface area contributed by atoms with Gasteiger partial charge in [0.05, 0.1) is 0 Å². The first-order valence-electron chi connectivity index (χ1n) is 5.56. The third-order valence-corrected chi connectivity index (χ3v) is 3.12. The number of thiophene rings is 1. The fourth-order valence-corrected chi connectivity index (χ4v) is 2.20. The van der Waals surface area contributed by atoms with Crippen molar-refractivity contribution in [2.45, 2.75) is 38.5 Å². The van der Waals surface area contributed by atoms with Crippen molar-refractivity contribution >= 4 is 17.1 Å². The largest absolute Gasteiger partial charge is 0.330 e. The minimum atomic E-state index is 0.362. The highest BCUT2D eigenvalue weighted by Gasteiger charge is 2.03. The molecule has 0 saturated heterocycles. The van der Waals surface area contributed by atoms with Crippen molar-refractivity contribution in [1.82, 2.24) is 0 Å². The van der Waals surface area contributed by atoms with Crippen LogP contribution in [0, 0.1) is 0 Å². The number of nitrogens with two attached hydrogens (primary N) is 1. The van der Waals surface area contributed by atoms with Crippen LogP contribution in [0.1, 0.15) is 37.7 Å². The Hall–Kier alpha value is -0.670. The van der Waals surface area contributed by atoms with Crippen LogP contribution >= 0.6 is 11.3 Å². The first-order chi connectivity index (χ1) is 7.33. The van der Waals surface area contributed by atoms with Crippen LogP contribution in [0.2, 0.25) is 0 Å². The molecule has 0 amide bonds. The predicted molar refractivity (Wildman–Crippen MR) is 65.2 cm³/mol. The van der Waals surface area contributed by atoms with Crippen LogP contribution in [0.25, 0.3) is 0 Å². The number of unbranched alkanes of at least 4 members (excludes halogenated alkanes) is 3. The van der Waals surface area contributed by atoms with E-state index in [9.17, 15) is 4.79 Å². The van der Waals surface area contributed by atoms with Gasteiger partial charge in [-0.1, -0.05) is 12.8 Å². The summed E-state index contributed by atoms with van der Waals surface area (Å²) in [5, 5.41) is 4.07. The Kier molecular flexibility index (Phi) is 6.28. The summed E-state index contributed by atoms with van der Waals surface area (Å²) in [6, 6.07) is 2.02. The average Bonchev–Trinajstić information content (AvgIpc) is 2.70. The number of carbonyl (C=O) groups excluding carboxylic acids is 1. The maximum Gasteiger partial charge on any atom is 0.137 e. The van der Waals surface area contributed by atoms with E-state index in [4.69, 9.17) is 5.73 Å². The molecule has 0 aliphatic rings. The first-order valence-corrected chi connectivity index (χ1v) is 6.50. The standard InChI is InChI=1S/C12H19NOS/c13-7-4-2-1-3-5-12(14)9-11-6-8-15-10-11/h6,8,10H,1-5,7,9,13H2. The fraction of sp³-hybridized carbons (Fsp3) is 0.583. The molecule has 0 bridgehead atoms. The van der Waals surface area contributed by atoms with Gasteiger partial charge in [0.1, 0.15) is 5.78 Å². The first kappa shape index (κ1) is 12.4. The Morgan fingerprint density at radius 3 is 2.73 bits per heavy atom. The summed E-state index contributed by atoms with van der Waals surface area (Å²) in [7, 11) is 0. The van der Waals surface area contributed by atoms with E-state index in [0.717, 1.165) is 44.2 Å². The molecular formula is C12H19NOS. The quantitative estimate of drug-likeness (QED) is 0.691. The number of Topliss-reactive ketones (excluding diaryl/α,β-unsaturated/α-hetero) is 1. The third-order valence-electron chi connectivity index (χ3n) is 2.39. The van der Waals surface area contributed by atoms with E-state index in [0.29, 0.717) is 12.2 Å². The molecule has 3 heteroatoms. The molecule has 2 N–H and O–H groups in total. The van der Waals surface area contributed by atoms with Gasteiger partial charge in [-0.25, -0.2) is 0 Å². The Balaban J connectivity index is 2.04. The molecule has 0 spiro atoms. The summed E-state index contributed by atoms with van der Waals surface area (Å²) in [4.78, 5) is 11.5. The molecule has 84 valence electrons. The SMILES string of the molecule is NCCCCCCC(=O)Cc1ccsc1. The summed E-state index contributed by atoms with van der Waals surface area (Å²) < 4.78 is 0. The maximum absolute atomic E-state index is 11.5. The molecule has 0 fully saturated rings. The van der Waals surface area contributed by atoms with Gasteiger partial charge in [-0.05, 0) is 41.8 Å². The van der Waals surface area contributed by atoms with Gasteiger partial charge in [-0.2, -0.15) is 11.3 Å². The van der Waals surface area contributed by atoms with E-state index >= 15 is 0 Å². The van der Waals surface area contributed by atoms with Crippen LogP contribution in [0.3, 0.4) is 0 Å². The molecule has 0 aliphatic carbocycles. The van der Waals surface area contributed by atoms with Gasteiger partial charge in [0, 0.05) is 12.8 Å². The Bertz CT molecular complexity index is 269. The second kappa shape index (κ2) is 7.60. The van der Waals surface area contributed by atoms with E-state index in [-0.39, 0.29) is 0 Å². The lowest BCUT2D eigenvalue weighted by Crippen LogP contribution is -2.02. The Labute approximate surface area is 95.5 Å². The number of hydrogen-bond donors (Lipinski definition) is 1. The van der Waals surface area contributed by atoms with Gasteiger partial charge in [0.25, 0.3) is 0 Å². The van der Waals surface area contributed by atoms with E-state index < -0.39 is 0 Å². The minimum absolute atomic E-state index is 0.362. The van der Waals surface area contributed by atoms with Gasteiger partial charge in [0.2, 0.25) is 0 Å². The normalized spacial score (nSPS) is 10.5. The molecule has 0 radical (unpaired) electrons. The number of rotatable bonds is 8. The van der Waals surface area contributed by atoms with Crippen molar-refractivity contribution < 1.29 is 4.79 Å². The zero-order chi connectivity index (χ0) is 10.9. The summed E-state index contributed by atoms with van der Waals surface area (Å²) in [6.45, 7) is 0.767. The summed E-state index contributed by atoms with van der Waals surface area (Å²) in [5.74, 6) is 0.362. The zero-order valence-corrected chi connectivity index (χ0v) is 9.89. The van der Waals surface area contributed by atoms with Crippen molar-refractivity contribution in [3.63, 3.8) is 0 Å². The number of ketones is 1. The lowest BCUT2D eigenvalue weighted by Gasteiger charge is -1.99. The van der Waals surface area contributed by atoms with Crippen LogP contribution < -0.4 is 5.73 Å². The molecule has 0 aromatic carbocycles. The van der Waals surface area contributed by atoms with Crippen molar-refractivity contribution in [2.24, 2.45) is 5.73 Å². The molecule has 15 heavy (non-hydrogen) atoms. The highest BCUT2D eigenvalue weighted by molar-refractivity contribution is 7.07. The van der Waals surface area contributed by atoms with Crippen molar-refractivity contribution in [2.75, 3.05) is 6.54 Å². The van der Waals surface area contributed by atoms with Gasteiger partial charge >= 0.3 is 0 Å². The summed E-state index contributed by atoms with van der Waals surface area (Å²) in [5.41, 5.74) is 6.55. The summed E-state index contributed by atoms with van der Waals surface area (Å²) >= 11 is 1.65. The Morgan fingerprint density at radius 1 is 1.27 bits per heavy atom. The molecule has 1 aromatic heterocycles. The zero-order valence-electron chi connectivity index (χ0n) is 9.08. The van der Waals surface area contributed by atoms with Crippen LogP contribution in [0.15, 0.2) is 16.8 Å². The molecule has 1 rings (SSSR count). The van der Waals surface area contributed by atoms with Gasteiger partial charge in [-0.15, -0.1) is 0 Å². The van der Waals surface area contributed by atoms with Gasteiger partial charge < -0.3 is 5.73 Å². The molecule has 1 aromatic rings. The molecule has 0 saturated carbocycles. The van der Waals surface area contributed by atoms with Crippen LogP contribution in [0.4, 0.5) is 0 Å². The highest BCUT2D eigenvalue weighted by atomic mass is 32.1.